The van der Waals surface area contributed by atoms with Crippen molar-refractivity contribution in [2.24, 2.45) is 0 Å². The summed E-state index contributed by atoms with van der Waals surface area (Å²) in [5.41, 5.74) is 0.132. The fourth-order valence-corrected chi connectivity index (χ4v) is 5.93. The molecule has 0 spiro atoms. The van der Waals surface area contributed by atoms with Crippen LogP contribution in [-0.2, 0) is 13.6 Å². The third-order valence-corrected chi connectivity index (χ3v) is 7.03. The van der Waals surface area contributed by atoms with Gasteiger partial charge < -0.3 is 13.6 Å². The Morgan fingerprint density at radius 1 is 0.889 bits per heavy atom. The lowest BCUT2D eigenvalue weighted by Gasteiger charge is -2.38. The van der Waals surface area contributed by atoms with E-state index in [1.807, 2.05) is 0 Å². The summed E-state index contributed by atoms with van der Waals surface area (Å²) in [6.45, 7) is 15.5. The second-order valence-electron chi connectivity index (χ2n) is 5.27. The average molecular weight is 276 g/mol. The highest BCUT2D eigenvalue weighted by Crippen LogP contribution is 2.26. The largest absolute Gasteiger partial charge is 0.390 e. The molecule has 0 saturated carbocycles. The van der Waals surface area contributed by atoms with E-state index in [-0.39, 0.29) is 17.9 Å². The van der Waals surface area contributed by atoms with E-state index < -0.39 is 8.56 Å². The van der Waals surface area contributed by atoms with Gasteiger partial charge in [0.15, 0.2) is 0 Å². The van der Waals surface area contributed by atoms with Crippen LogP contribution in [0.4, 0.5) is 0 Å². The Hall–Kier alpha value is 0.0969. The van der Waals surface area contributed by atoms with Gasteiger partial charge in [-0.1, -0.05) is 20.8 Å². The normalized spacial score (nSPS) is 14.5. The van der Waals surface area contributed by atoms with Crippen molar-refractivity contribution in [1.82, 2.24) is 0 Å². The van der Waals surface area contributed by atoms with E-state index in [0.29, 0.717) is 0 Å². The fraction of sp³-hybridized carbons (Fsp3) is 1.00. The van der Waals surface area contributed by atoms with Crippen LogP contribution in [0.5, 0.6) is 0 Å². The molecule has 0 aliphatic heterocycles. The molecule has 0 aromatic rings. The molecule has 0 aliphatic rings. The molecule has 0 fully saturated rings. The molecule has 0 rings (SSSR count). The first-order chi connectivity index (χ1) is 8.41. The van der Waals surface area contributed by atoms with Gasteiger partial charge in [-0.3, -0.25) is 0 Å². The summed E-state index contributed by atoms with van der Waals surface area (Å²) in [6, 6.07) is 0.936. The third kappa shape index (κ3) is 5.82. The Kier molecular flexibility index (Phi) is 9.12. The Labute approximate surface area is 114 Å². The first-order valence-corrected chi connectivity index (χ1v) is 9.49. The van der Waals surface area contributed by atoms with Crippen molar-refractivity contribution in [1.29, 1.82) is 0 Å². The lowest BCUT2D eigenvalue weighted by Crippen LogP contribution is -2.56. The number of hydrogen-bond acceptors (Lipinski definition) is 3. The summed E-state index contributed by atoms with van der Waals surface area (Å²) in [6.07, 6.45) is 2.37. The van der Waals surface area contributed by atoms with E-state index in [0.717, 1.165) is 25.5 Å². The van der Waals surface area contributed by atoms with E-state index in [9.17, 15) is 0 Å². The van der Waals surface area contributed by atoms with Crippen molar-refractivity contribution >= 4 is 8.56 Å². The van der Waals surface area contributed by atoms with Crippen molar-refractivity contribution in [2.45, 2.75) is 85.3 Å². The van der Waals surface area contributed by atoms with Crippen LogP contribution in [0.15, 0.2) is 0 Å². The van der Waals surface area contributed by atoms with E-state index in [4.69, 9.17) is 13.6 Å². The molecule has 0 amide bonds. The number of ether oxygens (including phenoxy) is 1. The number of rotatable bonds is 10. The number of hydrogen-bond donors (Lipinski definition) is 0. The SMILES string of the molecule is CCCOC(CC)[Si](CC)(OC(C)C)OC(C)C. The van der Waals surface area contributed by atoms with Crippen molar-refractivity contribution < 1.29 is 13.6 Å². The first kappa shape index (κ1) is 18.1. The van der Waals surface area contributed by atoms with Gasteiger partial charge in [0.25, 0.3) is 0 Å². The molecule has 0 saturated heterocycles. The van der Waals surface area contributed by atoms with E-state index in [2.05, 4.69) is 48.5 Å². The van der Waals surface area contributed by atoms with Gasteiger partial charge in [0.1, 0.15) is 5.73 Å². The fourth-order valence-electron chi connectivity index (χ4n) is 2.19. The zero-order chi connectivity index (χ0) is 14.2. The minimum absolute atomic E-state index is 0.132. The average Bonchev–Trinajstić information content (AvgIpc) is 2.28. The maximum Gasteiger partial charge on any atom is 0.368 e. The van der Waals surface area contributed by atoms with Crippen LogP contribution >= 0.6 is 0 Å². The van der Waals surface area contributed by atoms with Gasteiger partial charge in [-0.05, 0) is 46.6 Å². The predicted molar refractivity (Wildman–Crippen MR) is 79.0 cm³/mol. The lowest BCUT2D eigenvalue weighted by molar-refractivity contribution is 0.0200. The van der Waals surface area contributed by atoms with E-state index in [1.165, 1.54) is 0 Å². The Balaban J connectivity index is 4.96. The second kappa shape index (κ2) is 9.07. The summed E-state index contributed by atoms with van der Waals surface area (Å²) in [5, 5.41) is 0. The molecule has 3 nitrogen and oxygen atoms in total. The van der Waals surface area contributed by atoms with Crippen LogP contribution in [0.1, 0.15) is 61.3 Å². The van der Waals surface area contributed by atoms with Crippen molar-refractivity contribution in [3.8, 4) is 0 Å². The highest BCUT2D eigenvalue weighted by Gasteiger charge is 2.46. The summed E-state index contributed by atoms with van der Waals surface area (Å²) in [4.78, 5) is 0. The zero-order valence-electron chi connectivity index (χ0n) is 13.3. The monoisotopic (exact) mass is 276 g/mol. The third-order valence-electron chi connectivity index (χ3n) is 2.75. The first-order valence-electron chi connectivity index (χ1n) is 7.39. The molecule has 0 N–H and O–H groups in total. The second-order valence-corrected chi connectivity index (χ2v) is 8.71. The Morgan fingerprint density at radius 2 is 1.39 bits per heavy atom. The van der Waals surface area contributed by atoms with Gasteiger partial charge in [0, 0.05) is 18.8 Å². The predicted octanol–water partition coefficient (Wildman–Crippen LogP) is 4.04. The molecule has 4 heteroatoms. The smallest absolute Gasteiger partial charge is 0.368 e. The molecule has 1 unspecified atom stereocenters. The maximum absolute atomic E-state index is 6.24. The Morgan fingerprint density at radius 3 is 1.67 bits per heavy atom. The van der Waals surface area contributed by atoms with E-state index in [1.54, 1.807) is 0 Å². The highest BCUT2D eigenvalue weighted by molar-refractivity contribution is 6.68. The summed E-state index contributed by atoms with van der Waals surface area (Å²) < 4.78 is 18.5. The topological polar surface area (TPSA) is 27.7 Å². The maximum atomic E-state index is 6.24. The van der Waals surface area contributed by atoms with Gasteiger partial charge in [-0.2, -0.15) is 0 Å². The van der Waals surface area contributed by atoms with Gasteiger partial charge >= 0.3 is 8.56 Å². The van der Waals surface area contributed by atoms with Crippen molar-refractivity contribution in [3.63, 3.8) is 0 Å². The molecular weight excluding hydrogens is 244 g/mol. The van der Waals surface area contributed by atoms with Crippen molar-refractivity contribution in [2.75, 3.05) is 6.61 Å². The summed E-state index contributed by atoms with van der Waals surface area (Å²) in [5.74, 6) is 0. The molecule has 0 radical (unpaired) electrons. The molecular formula is C14H32O3Si. The summed E-state index contributed by atoms with van der Waals surface area (Å²) >= 11 is 0. The molecule has 0 bridgehead atoms. The quantitative estimate of drug-likeness (QED) is 0.564. The minimum atomic E-state index is -2.28. The van der Waals surface area contributed by atoms with Crippen molar-refractivity contribution in [3.05, 3.63) is 0 Å². The molecule has 110 valence electrons. The molecule has 0 aromatic heterocycles. The molecule has 0 heterocycles. The lowest BCUT2D eigenvalue weighted by atomic mass is 10.5. The van der Waals surface area contributed by atoms with Gasteiger partial charge in [0.2, 0.25) is 0 Å². The Bertz CT molecular complexity index is 197. The minimum Gasteiger partial charge on any atom is -0.390 e. The zero-order valence-corrected chi connectivity index (χ0v) is 14.3. The van der Waals surface area contributed by atoms with Gasteiger partial charge in [-0.25, -0.2) is 0 Å². The van der Waals surface area contributed by atoms with Crippen LogP contribution in [-0.4, -0.2) is 33.1 Å². The highest BCUT2D eigenvalue weighted by atomic mass is 28.4. The van der Waals surface area contributed by atoms with Crippen LogP contribution in [0.2, 0.25) is 6.04 Å². The standard InChI is InChI=1S/C14H32O3Si/c1-8-11-15-14(9-2)18(10-3,16-12(4)5)17-13(6)7/h12-14H,8-11H2,1-7H3. The van der Waals surface area contributed by atoms with Gasteiger partial charge in [0.05, 0.1) is 0 Å². The molecule has 0 aromatic carbocycles. The summed E-state index contributed by atoms with van der Waals surface area (Å²) in [7, 11) is -2.28. The van der Waals surface area contributed by atoms with Crippen LogP contribution < -0.4 is 0 Å². The van der Waals surface area contributed by atoms with Crippen LogP contribution in [0.25, 0.3) is 0 Å². The molecule has 1 atom stereocenters. The van der Waals surface area contributed by atoms with Crippen LogP contribution in [0, 0.1) is 0 Å². The van der Waals surface area contributed by atoms with Gasteiger partial charge in [-0.15, -0.1) is 0 Å². The van der Waals surface area contributed by atoms with E-state index >= 15 is 0 Å². The van der Waals surface area contributed by atoms with Crippen LogP contribution in [0.3, 0.4) is 0 Å². The molecule has 0 aliphatic carbocycles. The molecule has 18 heavy (non-hydrogen) atoms.